The Balaban J connectivity index is 1.72. The highest BCUT2D eigenvalue weighted by Crippen LogP contribution is 2.24. The molecule has 0 unspecified atom stereocenters. The summed E-state index contributed by atoms with van der Waals surface area (Å²) in [5, 5.41) is 3.68. The fourth-order valence-corrected chi connectivity index (χ4v) is 3.32. The Morgan fingerprint density at radius 1 is 1.24 bits per heavy atom. The summed E-state index contributed by atoms with van der Waals surface area (Å²) in [5.41, 5.74) is 2.08. The molecule has 0 fully saturated rings. The van der Waals surface area contributed by atoms with Crippen LogP contribution in [0.25, 0.3) is 22.0 Å². The maximum atomic E-state index is 13.9. The first kappa shape index (κ1) is 18.6. The van der Waals surface area contributed by atoms with Crippen LogP contribution in [-0.4, -0.2) is 22.5 Å². The second kappa shape index (κ2) is 7.35. The van der Waals surface area contributed by atoms with Crippen molar-refractivity contribution in [1.82, 2.24) is 14.9 Å². The van der Waals surface area contributed by atoms with Crippen LogP contribution in [-0.2, 0) is 6.54 Å². The Morgan fingerprint density at radius 3 is 2.79 bits per heavy atom. The minimum atomic E-state index is -0.531. The summed E-state index contributed by atoms with van der Waals surface area (Å²) in [6, 6.07) is 9.53. The Morgan fingerprint density at radius 2 is 2.07 bits per heavy atom. The number of furan rings is 1. The van der Waals surface area contributed by atoms with Crippen LogP contribution >= 0.6 is 0 Å². The molecule has 0 saturated heterocycles. The molecule has 0 aliphatic carbocycles. The van der Waals surface area contributed by atoms with Gasteiger partial charge in [-0.1, -0.05) is 0 Å². The third-order valence-corrected chi connectivity index (χ3v) is 4.80. The normalized spacial score (nSPS) is 11.0. The van der Waals surface area contributed by atoms with E-state index < -0.39 is 5.82 Å². The van der Waals surface area contributed by atoms with E-state index in [4.69, 9.17) is 4.42 Å². The van der Waals surface area contributed by atoms with Crippen molar-refractivity contribution in [3.05, 3.63) is 88.1 Å². The highest BCUT2D eigenvalue weighted by molar-refractivity contribution is 5.94. The van der Waals surface area contributed by atoms with Crippen LogP contribution < -0.4 is 10.9 Å². The molecule has 7 heteroatoms. The molecule has 0 atom stereocenters. The molecule has 0 aliphatic heterocycles. The highest BCUT2D eigenvalue weighted by Gasteiger charge is 2.11. The molecule has 0 bridgehead atoms. The molecular formula is C22H18FN3O3. The monoisotopic (exact) mass is 391 g/mol. The van der Waals surface area contributed by atoms with Gasteiger partial charge in [-0.2, -0.15) is 0 Å². The Kier molecular flexibility index (Phi) is 4.72. The smallest absolute Gasteiger partial charge is 0.260 e. The number of hydrogen-bond donors (Lipinski definition) is 1. The number of rotatable bonds is 4. The summed E-state index contributed by atoms with van der Waals surface area (Å²) >= 11 is 0. The van der Waals surface area contributed by atoms with Crippen LogP contribution in [0, 0.1) is 12.7 Å². The second-order valence-corrected chi connectivity index (χ2v) is 6.72. The summed E-state index contributed by atoms with van der Waals surface area (Å²) in [5.74, 6) is -0.164. The second-order valence-electron chi connectivity index (χ2n) is 6.72. The first-order valence-corrected chi connectivity index (χ1v) is 9.01. The molecular weight excluding hydrogens is 373 g/mol. The average molecular weight is 391 g/mol. The van der Waals surface area contributed by atoms with E-state index in [1.54, 1.807) is 18.5 Å². The molecule has 4 rings (SSSR count). The molecule has 0 radical (unpaired) electrons. The number of amides is 1. The van der Waals surface area contributed by atoms with Gasteiger partial charge in [0.05, 0.1) is 23.9 Å². The molecule has 6 nitrogen and oxygen atoms in total. The maximum Gasteiger partial charge on any atom is 0.260 e. The molecule has 1 amide bonds. The zero-order chi connectivity index (χ0) is 20.5. The van der Waals surface area contributed by atoms with Gasteiger partial charge in [0.1, 0.15) is 11.6 Å². The standard InChI is InChI=1S/C22H18FN3O3/c1-13-18(4-6-29-13)20-10-15-3-5-26(22(28)19(15)11-25-20)12-14-7-16(21(27)24-2)9-17(23)8-14/h3-11H,12H2,1-2H3,(H,24,27). The minimum Gasteiger partial charge on any atom is -0.469 e. The number of carbonyl (C=O) groups is 1. The van der Waals surface area contributed by atoms with Crippen LogP contribution in [0.2, 0.25) is 0 Å². The van der Waals surface area contributed by atoms with Gasteiger partial charge < -0.3 is 14.3 Å². The maximum absolute atomic E-state index is 13.9. The summed E-state index contributed by atoms with van der Waals surface area (Å²) < 4.78 is 20.7. The molecule has 0 aliphatic rings. The van der Waals surface area contributed by atoms with Crippen LogP contribution in [0.4, 0.5) is 4.39 Å². The van der Waals surface area contributed by atoms with Crippen molar-refractivity contribution in [1.29, 1.82) is 0 Å². The first-order chi connectivity index (χ1) is 14.0. The van der Waals surface area contributed by atoms with E-state index in [0.717, 1.165) is 28.5 Å². The van der Waals surface area contributed by atoms with Crippen LogP contribution in [0.3, 0.4) is 0 Å². The molecule has 146 valence electrons. The fourth-order valence-electron chi connectivity index (χ4n) is 3.32. The van der Waals surface area contributed by atoms with Gasteiger partial charge in [0.25, 0.3) is 11.5 Å². The third-order valence-electron chi connectivity index (χ3n) is 4.80. The number of halogens is 1. The number of hydrogen-bond acceptors (Lipinski definition) is 4. The van der Waals surface area contributed by atoms with Gasteiger partial charge in [0.2, 0.25) is 0 Å². The van der Waals surface area contributed by atoms with Gasteiger partial charge in [-0.3, -0.25) is 14.6 Å². The SMILES string of the molecule is CNC(=O)c1cc(F)cc(Cn2ccc3cc(-c4ccoc4C)ncc3c2=O)c1. The van der Waals surface area contributed by atoms with E-state index >= 15 is 0 Å². The summed E-state index contributed by atoms with van der Waals surface area (Å²) in [6.45, 7) is 1.99. The average Bonchev–Trinajstić information content (AvgIpc) is 3.14. The van der Waals surface area contributed by atoms with Crippen LogP contribution in [0.1, 0.15) is 21.7 Å². The highest BCUT2D eigenvalue weighted by atomic mass is 19.1. The van der Waals surface area contributed by atoms with Gasteiger partial charge >= 0.3 is 0 Å². The molecule has 0 spiro atoms. The van der Waals surface area contributed by atoms with Crippen LogP contribution in [0.5, 0.6) is 0 Å². The predicted octanol–water partition coefficient (Wildman–Crippen LogP) is 3.51. The lowest BCUT2D eigenvalue weighted by Crippen LogP contribution is -2.21. The Labute approximate surface area is 165 Å². The number of aryl methyl sites for hydroxylation is 1. The molecule has 1 N–H and O–H groups in total. The third kappa shape index (κ3) is 3.54. The minimum absolute atomic E-state index is 0.138. The lowest BCUT2D eigenvalue weighted by atomic mass is 10.1. The number of carbonyl (C=O) groups excluding carboxylic acids is 1. The summed E-state index contributed by atoms with van der Waals surface area (Å²) in [6.07, 6.45) is 4.79. The Hall–Kier alpha value is -3.74. The van der Waals surface area contributed by atoms with Crippen molar-refractivity contribution < 1.29 is 13.6 Å². The lowest BCUT2D eigenvalue weighted by Gasteiger charge is -2.10. The number of nitrogens with one attached hydrogen (secondary N) is 1. The van der Waals surface area contributed by atoms with Gasteiger partial charge in [0, 0.05) is 30.6 Å². The summed E-state index contributed by atoms with van der Waals surface area (Å²) in [4.78, 5) is 29.1. The number of aromatic nitrogens is 2. The predicted molar refractivity (Wildman–Crippen MR) is 107 cm³/mol. The topological polar surface area (TPSA) is 77.1 Å². The zero-order valence-electron chi connectivity index (χ0n) is 15.9. The molecule has 3 aromatic heterocycles. The van der Waals surface area contributed by atoms with Crippen molar-refractivity contribution in [2.75, 3.05) is 7.05 Å². The molecule has 29 heavy (non-hydrogen) atoms. The van der Waals surface area contributed by atoms with Crippen molar-refractivity contribution in [3.8, 4) is 11.3 Å². The summed E-state index contributed by atoms with van der Waals surface area (Å²) in [7, 11) is 1.48. The van der Waals surface area contributed by atoms with E-state index in [1.807, 2.05) is 25.1 Å². The van der Waals surface area contributed by atoms with Crippen LogP contribution in [0.15, 0.2) is 64.3 Å². The molecule has 4 aromatic rings. The number of nitrogens with zero attached hydrogens (tertiary/aromatic N) is 2. The quantitative estimate of drug-likeness (QED) is 0.578. The van der Waals surface area contributed by atoms with Gasteiger partial charge in [-0.25, -0.2) is 4.39 Å². The van der Waals surface area contributed by atoms with Crippen molar-refractivity contribution in [2.45, 2.75) is 13.5 Å². The first-order valence-electron chi connectivity index (χ1n) is 9.01. The van der Waals surface area contributed by atoms with Gasteiger partial charge in [-0.15, -0.1) is 0 Å². The number of pyridine rings is 2. The van der Waals surface area contributed by atoms with Crippen molar-refractivity contribution >= 4 is 16.7 Å². The molecule has 0 saturated carbocycles. The number of benzene rings is 1. The lowest BCUT2D eigenvalue weighted by molar-refractivity contribution is 0.0962. The number of fused-ring (bicyclic) bond motifs is 1. The van der Waals surface area contributed by atoms with E-state index in [2.05, 4.69) is 10.3 Å². The van der Waals surface area contributed by atoms with Gasteiger partial charge in [-0.05, 0) is 54.3 Å². The fraction of sp³-hybridized carbons (Fsp3) is 0.136. The molecule has 3 heterocycles. The largest absolute Gasteiger partial charge is 0.469 e. The van der Waals surface area contributed by atoms with E-state index in [1.165, 1.54) is 23.9 Å². The van der Waals surface area contributed by atoms with Crippen molar-refractivity contribution in [3.63, 3.8) is 0 Å². The van der Waals surface area contributed by atoms with Crippen molar-refractivity contribution in [2.24, 2.45) is 0 Å². The Bertz CT molecular complexity index is 1290. The van der Waals surface area contributed by atoms with Gasteiger partial charge in [0.15, 0.2) is 0 Å². The van der Waals surface area contributed by atoms with E-state index in [-0.39, 0.29) is 23.6 Å². The molecule has 1 aromatic carbocycles. The van der Waals surface area contributed by atoms with E-state index in [9.17, 15) is 14.0 Å². The van der Waals surface area contributed by atoms with E-state index in [0.29, 0.717) is 10.9 Å². The zero-order valence-corrected chi connectivity index (χ0v) is 15.9.